The number of likely N-dealkylation sites (N-methyl/N-ethyl adjacent to an activating group) is 1. The van der Waals surface area contributed by atoms with Crippen LogP contribution >= 0.6 is 0 Å². The molecule has 3 nitrogen and oxygen atoms in total. The highest BCUT2D eigenvalue weighted by atomic mass is 16.3. The van der Waals surface area contributed by atoms with Crippen molar-refractivity contribution in [3.63, 3.8) is 0 Å². The molecule has 0 heterocycles. The SMILES string of the molecule is CCN(CCC(C)(C)O)C(C)(CC)CN. The lowest BCUT2D eigenvalue weighted by atomic mass is 9.95. The molecule has 0 spiro atoms. The molecule has 0 aliphatic carbocycles. The van der Waals surface area contributed by atoms with Crippen molar-refractivity contribution in [3.8, 4) is 0 Å². The van der Waals surface area contributed by atoms with E-state index in [0.717, 1.165) is 25.9 Å². The number of aliphatic hydroxyl groups is 1. The minimum Gasteiger partial charge on any atom is -0.390 e. The van der Waals surface area contributed by atoms with Crippen molar-refractivity contribution in [2.45, 2.75) is 58.6 Å². The zero-order valence-electron chi connectivity index (χ0n) is 11.0. The van der Waals surface area contributed by atoms with Gasteiger partial charge in [0.15, 0.2) is 0 Å². The summed E-state index contributed by atoms with van der Waals surface area (Å²) in [6.07, 6.45) is 1.83. The van der Waals surface area contributed by atoms with Crippen LogP contribution in [-0.4, -0.2) is 40.8 Å². The number of hydrogen-bond donors (Lipinski definition) is 2. The second-order valence-electron chi connectivity index (χ2n) is 5.20. The molecule has 0 aromatic rings. The Kier molecular flexibility index (Phi) is 5.78. The van der Waals surface area contributed by atoms with Crippen LogP contribution < -0.4 is 5.73 Å². The summed E-state index contributed by atoms with van der Waals surface area (Å²) in [5.74, 6) is 0. The van der Waals surface area contributed by atoms with E-state index in [1.807, 2.05) is 13.8 Å². The van der Waals surface area contributed by atoms with Gasteiger partial charge in [0.1, 0.15) is 0 Å². The molecule has 0 bridgehead atoms. The van der Waals surface area contributed by atoms with Crippen LogP contribution in [0.15, 0.2) is 0 Å². The Morgan fingerprint density at radius 1 is 1.20 bits per heavy atom. The van der Waals surface area contributed by atoms with Crippen LogP contribution in [0.4, 0.5) is 0 Å². The number of rotatable bonds is 7. The lowest BCUT2D eigenvalue weighted by Gasteiger charge is -2.40. The zero-order valence-corrected chi connectivity index (χ0v) is 11.0. The molecular weight excluding hydrogens is 188 g/mol. The highest BCUT2D eigenvalue weighted by Gasteiger charge is 2.28. The molecule has 0 aromatic carbocycles. The highest BCUT2D eigenvalue weighted by molar-refractivity contribution is 4.86. The number of nitrogens with two attached hydrogens (primary N) is 1. The molecule has 3 heteroatoms. The maximum absolute atomic E-state index is 9.72. The predicted octanol–water partition coefficient (Wildman–Crippen LogP) is 1.60. The lowest BCUT2D eigenvalue weighted by molar-refractivity contribution is 0.0352. The van der Waals surface area contributed by atoms with E-state index in [-0.39, 0.29) is 5.54 Å². The zero-order chi connectivity index (χ0) is 12.1. The highest BCUT2D eigenvalue weighted by Crippen LogP contribution is 2.20. The van der Waals surface area contributed by atoms with Crippen molar-refractivity contribution in [2.75, 3.05) is 19.6 Å². The third-order valence-electron chi connectivity index (χ3n) is 3.34. The van der Waals surface area contributed by atoms with Crippen molar-refractivity contribution in [3.05, 3.63) is 0 Å². The van der Waals surface area contributed by atoms with Crippen LogP contribution in [0.3, 0.4) is 0 Å². The van der Waals surface area contributed by atoms with Gasteiger partial charge in [-0.3, -0.25) is 4.90 Å². The van der Waals surface area contributed by atoms with Gasteiger partial charge in [0, 0.05) is 18.6 Å². The third-order valence-corrected chi connectivity index (χ3v) is 3.34. The largest absolute Gasteiger partial charge is 0.390 e. The number of nitrogens with zero attached hydrogens (tertiary/aromatic N) is 1. The fraction of sp³-hybridized carbons (Fsp3) is 1.00. The first-order chi connectivity index (χ1) is 6.79. The molecule has 15 heavy (non-hydrogen) atoms. The Labute approximate surface area is 94.6 Å². The minimum absolute atomic E-state index is 0.0694. The smallest absolute Gasteiger partial charge is 0.0603 e. The molecule has 0 rings (SSSR count). The van der Waals surface area contributed by atoms with Gasteiger partial charge < -0.3 is 10.8 Å². The summed E-state index contributed by atoms with van der Waals surface area (Å²) >= 11 is 0. The molecule has 0 aromatic heterocycles. The van der Waals surface area contributed by atoms with Crippen LogP contribution in [0.2, 0.25) is 0 Å². The summed E-state index contributed by atoms with van der Waals surface area (Å²) in [5.41, 5.74) is 5.31. The standard InChI is InChI=1S/C12H28N2O/c1-6-12(5,10-13)14(7-2)9-8-11(3,4)15/h15H,6-10,13H2,1-5H3. The van der Waals surface area contributed by atoms with Crippen molar-refractivity contribution >= 4 is 0 Å². The quantitative estimate of drug-likeness (QED) is 0.679. The van der Waals surface area contributed by atoms with Crippen LogP contribution in [0.5, 0.6) is 0 Å². The van der Waals surface area contributed by atoms with Gasteiger partial charge in [0.05, 0.1) is 5.60 Å². The lowest BCUT2D eigenvalue weighted by Crippen LogP contribution is -2.52. The Morgan fingerprint density at radius 3 is 2.00 bits per heavy atom. The average molecular weight is 216 g/mol. The minimum atomic E-state index is -0.587. The van der Waals surface area contributed by atoms with E-state index < -0.39 is 5.60 Å². The molecule has 3 N–H and O–H groups in total. The van der Waals surface area contributed by atoms with Gasteiger partial charge in [-0.05, 0) is 40.2 Å². The van der Waals surface area contributed by atoms with Crippen LogP contribution in [0, 0.1) is 0 Å². The molecule has 0 amide bonds. The summed E-state index contributed by atoms with van der Waals surface area (Å²) in [6, 6.07) is 0. The van der Waals surface area contributed by atoms with Crippen LogP contribution in [-0.2, 0) is 0 Å². The predicted molar refractivity (Wildman–Crippen MR) is 65.9 cm³/mol. The maximum atomic E-state index is 9.72. The Balaban J connectivity index is 4.35. The van der Waals surface area contributed by atoms with Crippen molar-refractivity contribution in [2.24, 2.45) is 5.73 Å². The third kappa shape index (κ3) is 4.96. The summed E-state index contributed by atoms with van der Waals surface area (Å²) in [7, 11) is 0. The van der Waals surface area contributed by atoms with E-state index in [1.54, 1.807) is 0 Å². The summed E-state index contributed by atoms with van der Waals surface area (Å²) < 4.78 is 0. The fourth-order valence-electron chi connectivity index (χ4n) is 1.72. The first kappa shape index (κ1) is 14.9. The molecule has 92 valence electrons. The Hall–Kier alpha value is -0.120. The van der Waals surface area contributed by atoms with Gasteiger partial charge in [-0.25, -0.2) is 0 Å². The topological polar surface area (TPSA) is 49.5 Å². The summed E-state index contributed by atoms with van der Waals surface area (Å²) in [5, 5.41) is 9.72. The van der Waals surface area contributed by atoms with Crippen molar-refractivity contribution in [1.29, 1.82) is 0 Å². The van der Waals surface area contributed by atoms with E-state index in [1.165, 1.54) is 0 Å². The van der Waals surface area contributed by atoms with E-state index >= 15 is 0 Å². The second-order valence-corrected chi connectivity index (χ2v) is 5.20. The van der Waals surface area contributed by atoms with Crippen molar-refractivity contribution in [1.82, 2.24) is 4.90 Å². The van der Waals surface area contributed by atoms with Gasteiger partial charge >= 0.3 is 0 Å². The monoisotopic (exact) mass is 216 g/mol. The van der Waals surface area contributed by atoms with E-state index in [0.29, 0.717) is 6.54 Å². The van der Waals surface area contributed by atoms with Crippen molar-refractivity contribution < 1.29 is 5.11 Å². The molecule has 0 saturated heterocycles. The first-order valence-electron chi connectivity index (χ1n) is 5.96. The summed E-state index contributed by atoms with van der Waals surface area (Å²) in [4.78, 5) is 2.37. The molecular formula is C12H28N2O. The van der Waals surface area contributed by atoms with E-state index in [9.17, 15) is 5.11 Å². The molecule has 0 saturated carbocycles. The number of hydrogen-bond acceptors (Lipinski definition) is 3. The van der Waals surface area contributed by atoms with Gasteiger partial charge in [0.25, 0.3) is 0 Å². The van der Waals surface area contributed by atoms with Gasteiger partial charge in [-0.15, -0.1) is 0 Å². The molecule has 1 atom stereocenters. The van der Waals surface area contributed by atoms with Gasteiger partial charge in [-0.2, -0.15) is 0 Å². The first-order valence-corrected chi connectivity index (χ1v) is 5.96. The molecule has 1 unspecified atom stereocenters. The fourth-order valence-corrected chi connectivity index (χ4v) is 1.72. The summed E-state index contributed by atoms with van der Waals surface area (Å²) in [6.45, 7) is 12.8. The Morgan fingerprint density at radius 2 is 1.73 bits per heavy atom. The maximum Gasteiger partial charge on any atom is 0.0603 e. The average Bonchev–Trinajstić information content (AvgIpc) is 2.16. The normalized spacial score (nSPS) is 16.8. The molecule has 0 fully saturated rings. The van der Waals surface area contributed by atoms with E-state index in [4.69, 9.17) is 5.73 Å². The van der Waals surface area contributed by atoms with Gasteiger partial charge in [-0.1, -0.05) is 13.8 Å². The molecule has 0 radical (unpaired) electrons. The Bertz CT molecular complexity index is 171. The van der Waals surface area contributed by atoms with Crippen LogP contribution in [0.1, 0.15) is 47.5 Å². The van der Waals surface area contributed by atoms with Gasteiger partial charge in [0.2, 0.25) is 0 Å². The van der Waals surface area contributed by atoms with Crippen LogP contribution in [0.25, 0.3) is 0 Å². The second kappa shape index (κ2) is 5.83. The van der Waals surface area contributed by atoms with E-state index in [2.05, 4.69) is 25.7 Å². The molecule has 0 aliphatic heterocycles. The molecule has 0 aliphatic rings.